The summed E-state index contributed by atoms with van der Waals surface area (Å²) in [6.07, 6.45) is 3.82. The van der Waals surface area contributed by atoms with E-state index < -0.39 is 0 Å². The van der Waals surface area contributed by atoms with Crippen molar-refractivity contribution in [3.05, 3.63) is 0 Å². The zero-order chi connectivity index (χ0) is 11.5. The molecule has 0 unspecified atom stereocenters. The molecule has 5 heteroatoms. The molecule has 3 N–H and O–H groups in total. The maximum atomic E-state index is 11.8. The van der Waals surface area contributed by atoms with E-state index in [2.05, 4.69) is 5.32 Å². The van der Waals surface area contributed by atoms with Gasteiger partial charge in [0.2, 0.25) is 11.8 Å². The molecule has 2 aliphatic rings. The predicted octanol–water partition coefficient (Wildman–Crippen LogP) is -0.538. The number of nitrogens with zero attached hydrogens (tertiary/aromatic N) is 1. The molecule has 90 valence electrons. The van der Waals surface area contributed by atoms with Crippen LogP contribution in [0.2, 0.25) is 0 Å². The van der Waals surface area contributed by atoms with Gasteiger partial charge in [-0.15, -0.1) is 0 Å². The standard InChI is InChI=1S/C11H19N3O2/c12-7-10(15)13-9-3-5-14(6-4-9)11(16)8-1-2-8/h8-9H,1-7,12H2,(H,13,15). The number of nitrogens with two attached hydrogens (primary N) is 1. The second-order valence-electron chi connectivity index (χ2n) is 4.65. The number of rotatable bonds is 3. The Morgan fingerprint density at radius 2 is 1.81 bits per heavy atom. The van der Waals surface area contributed by atoms with Gasteiger partial charge in [-0.1, -0.05) is 0 Å². The zero-order valence-electron chi connectivity index (χ0n) is 9.45. The topological polar surface area (TPSA) is 75.4 Å². The van der Waals surface area contributed by atoms with Crippen molar-refractivity contribution >= 4 is 11.8 Å². The molecule has 16 heavy (non-hydrogen) atoms. The molecule has 0 aromatic carbocycles. The third-order valence-electron chi connectivity index (χ3n) is 3.28. The van der Waals surface area contributed by atoms with Crippen LogP contribution in [0.25, 0.3) is 0 Å². The van der Waals surface area contributed by atoms with Crippen LogP contribution in [0.15, 0.2) is 0 Å². The summed E-state index contributed by atoms with van der Waals surface area (Å²) < 4.78 is 0. The molecule has 0 aromatic heterocycles. The summed E-state index contributed by atoms with van der Waals surface area (Å²) in [6.45, 7) is 1.58. The molecule has 0 radical (unpaired) electrons. The van der Waals surface area contributed by atoms with Crippen molar-refractivity contribution in [3.63, 3.8) is 0 Å². The molecule has 1 saturated carbocycles. The molecule has 0 bridgehead atoms. The molecular formula is C11H19N3O2. The number of piperidine rings is 1. The Hall–Kier alpha value is -1.10. The van der Waals surface area contributed by atoms with Gasteiger partial charge in [-0.3, -0.25) is 9.59 Å². The van der Waals surface area contributed by atoms with Crippen molar-refractivity contribution in [1.29, 1.82) is 0 Å². The maximum Gasteiger partial charge on any atom is 0.233 e. The van der Waals surface area contributed by atoms with E-state index in [4.69, 9.17) is 5.73 Å². The highest BCUT2D eigenvalue weighted by Crippen LogP contribution is 2.31. The van der Waals surface area contributed by atoms with Gasteiger partial charge in [-0.05, 0) is 25.7 Å². The first-order valence-corrected chi connectivity index (χ1v) is 5.99. The average molecular weight is 225 g/mol. The van der Waals surface area contributed by atoms with Crippen molar-refractivity contribution in [2.24, 2.45) is 11.7 Å². The van der Waals surface area contributed by atoms with Crippen molar-refractivity contribution in [1.82, 2.24) is 10.2 Å². The number of nitrogens with one attached hydrogen (secondary N) is 1. The molecule has 1 heterocycles. The minimum absolute atomic E-state index is 0.0429. The van der Waals surface area contributed by atoms with Gasteiger partial charge in [-0.2, -0.15) is 0 Å². The normalized spacial score (nSPS) is 21.9. The highest BCUT2D eigenvalue weighted by molar-refractivity contribution is 5.81. The lowest BCUT2D eigenvalue weighted by Crippen LogP contribution is -2.48. The number of likely N-dealkylation sites (tertiary alicyclic amines) is 1. The molecule has 2 fully saturated rings. The Morgan fingerprint density at radius 3 is 2.31 bits per heavy atom. The molecule has 1 saturated heterocycles. The SMILES string of the molecule is NCC(=O)NC1CCN(C(=O)C2CC2)CC1. The fourth-order valence-electron chi connectivity index (χ4n) is 2.12. The first-order chi connectivity index (χ1) is 7.70. The van der Waals surface area contributed by atoms with E-state index in [1.54, 1.807) is 0 Å². The van der Waals surface area contributed by atoms with Gasteiger partial charge < -0.3 is 16.0 Å². The first kappa shape index (κ1) is 11.4. The fourth-order valence-corrected chi connectivity index (χ4v) is 2.12. The first-order valence-electron chi connectivity index (χ1n) is 5.99. The van der Waals surface area contributed by atoms with E-state index in [1.807, 2.05) is 4.90 Å². The summed E-state index contributed by atoms with van der Waals surface area (Å²) in [4.78, 5) is 24.8. The number of hydrogen-bond donors (Lipinski definition) is 2. The van der Waals surface area contributed by atoms with Gasteiger partial charge in [0, 0.05) is 25.0 Å². The van der Waals surface area contributed by atoms with Crippen LogP contribution in [0.1, 0.15) is 25.7 Å². The van der Waals surface area contributed by atoms with E-state index >= 15 is 0 Å². The molecule has 2 rings (SSSR count). The smallest absolute Gasteiger partial charge is 0.233 e. The molecule has 1 aliphatic carbocycles. The van der Waals surface area contributed by atoms with Gasteiger partial charge in [0.1, 0.15) is 0 Å². The second kappa shape index (κ2) is 4.82. The number of carbonyl (C=O) groups is 2. The Labute approximate surface area is 95.3 Å². The highest BCUT2D eigenvalue weighted by Gasteiger charge is 2.34. The summed E-state index contributed by atoms with van der Waals surface area (Å²) in [5.74, 6) is 0.505. The summed E-state index contributed by atoms with van der Waals surface area (Å²) in [5, 5.41) is 2.87. The van der Waals surface area contributed by atoms with Crippen LogP contribution >= 0.6 is 0 Å². The lowest BCUT2D eigenvalue weighted by molar-refractivity contribution is -0.133. The Morgan fingerprint density at radius 1 is 1.19 bits per heavy atom. The lowest BCUT2D eigenvalue weighted by Gasteiger charge is -2.32. The van der Waals surface area contributed by atoms with Crippen LogP contribution in [0.4, 0.5) is 0 Å². The minimum atomic E-state index is -0.105. The van der Waals surface area contributed by atoms with Crippen LogP contribution < -0.4 is 11.1 Å². The molecule has 2 amide bonds. The van der Waals surface area contributed by atoms with Crippen LogP contribution in [-0.2, 0) is 9.59 Å². The van der Waals surface area contributed by atoms with E-state index in [0.29, 0.717) is 11.8 Å². The van der Waals surface area contributed by atoms with E-state index in [-0.39, 0.29) is 18.5 Å². The summed E-state index contributed by atoms with van der Waals surface area (Å²) in [5.41, 5.74) is 5.24. The van der Waals surface area contributed by atoms with Crippen LogP contribution in [0, 0.1) is 5.92 Å². The molecule has 1 aliphatic heterocycles. The molecule has 0 spiro atoms. The highest BCUT2D eigenvalue weighted by atomic mass is 16.2. The van der Waals surface area contributed by atoms with Gasteiger partial charge >= 0.3 is 0 Å². The van der Waals surface area contributed by atoms with Gasteiger partial charge in [0.15, 0.2) is 0 Å². The van der Waals surface area contributed by atoms with E-state index in [1.165, 1.54) is 0 Å². The average Bonchev–Trinajstić information content (AvgIpc) is 3.13. The van der Waals surface area contributed by atoms with Crippen molar-refractivity contribution in [2.75, 3.05) is 19.6 Å². The lowest BCUT2D eigenvalue weighted by atomic mass is 10.0. The van der Waals surface area contributed by atoms with Gasteiger partial charge in [0.25, 0.3) is 0 Å². The van der Waals surface area contributed by atoms with Gasteiger partial charge in [-0.25, -0.2) is 0 Å². The predicted molar refractivity (Wildman–Crippen MR) is 59.5 cm³/mol. The monoisotopic (exact) mass is 225 g/mol. The van der Waals surface area contributed by atoms with Crippen molar-refractivity contribution < 1.29 is 9.59 Å². The second-order valence-corrected chi connectivity index (χ2v) is 4.65. The minimum Gasteiger partial charge on any atom is -0.352 e. The van der Waals surface area contributed by atoms with Crippen LogP contribution in [0.5, 0.6) is 0 Å². The molecule has 0 atom stereocenters. The fraction of sp³-hybridized carbons (Fsp3) is 0.818. The molecule has 5 nitrogen and oxygen atoms in total. The molecular weight excluding hydrogens is 206 g/mol. The Bertz CT molecular complexity index is 281. The van der Waals surface area contributed by atoms with E-state index in [0.717, 1.165) is 38.8 Å². The zero-order valence-corrected chi connectivity index (χ0v) is 9.45. The largest absolute Gasteiger partial charge is 0.352 e. The Balaban J connectivity index is 1.73. The molecule has 0 aromatic rings. The summed E-state index contributed by atoms with van der Waals surface area (Å²) in [6, 6.07) is 0.194. The Kier molecular flexibility index (Phi) is 3.43. The van der Waals surface area contributed by atoms with E-state index in [9.17, 15) is 9.59 Å². The van der Waals surface area contributed by atoms with Crippen molar-refractivity contribution in [3.8, 4) is 0 Å². The number of amides is 2. The summed E-state index contributed by atoms with van der Waals surface area (Å²) in [7, 11) is 0. The number of carbonyl (C=O) groups excluding carboxylic acids is 2. The number of hydrogen-bond acceptors (Lipinski definition) is 3. The van der Waals surface area contributed by atoms with Gasteiger partial charge in [0.05, 0.1) is 6.54 Å². The van der Waals surface area contributed by atoms with Crippen molar-refractivity contribution in [2.45, 2.75) is 31.7 Å². The third-order valence-corrected chi connectivity index (χ3v) is 3.28. The van der Waals surface area contributed by atoms with Crippen LogP contribution in [0.3, 0.4) is 0 Å². The van der Waals surface area contributed by atoms with Crippen LogP contribution in [-0.4, -0.2) is 42.4 Å². The maximum absolute atomic E-state index is 11.8. The third kappa shape index (κ3) is 2.72. The quantitative estimate of drug-likeness (QED) is 0.677. The summed E-state index contributed by atoms with van der Waals surface area (Å²) >= 11 is 0.